The summed E-state index contributed by atoms with van der Waals surface area (Å²) in [6.07, 6.45) is 3.33. The molecule has 2 N–H and O–H groups in total. The van der Waals surface area contributed by atoms with Crippen molar-refractivity contribution in [1.29, 1.82) is 0 Å². The highest BCUT2D eigenvalue weighted by Crippen LogP contribution is 2.19. The van der Waals surface area contributed by atoms with E-state index >= 15 is 0 Å². The Hall–Kier alpha value is -1.51. The van der Waals surface area contributed by atoms with Gasteiger partial charge >= 0.3 is 0 Å². The van der Waals surface area contributed by atoms with Crippen molar-refractivity contribution in [3.8, 4) is 5.75 Å². The second kappa shape index (κ2) is 3.05. The van der Waals surface area contributed by atoms with E-state index in [2.05, 4.69) is 11.6 Å². The lowest BCUT2D eigenvalue weighted by Crippen LogP contribution is -1.95. The fourth-order valence-corrected chi connectivity index (χ4v) is 0.745. The predicted molar refractivity (Wildman–Crippen MR) is 45.3 cm³/mol. The van der Waals surface area contributed by atoms with Crippen LogP contribution in [0.25, 0.3) is 6.08 Å². The van der Waals surface area contributed by atoms with E-state index in [1.165, 1.54) is 0 Å². The van der Waals surface area contributed by atoms with E-state index in [0.717, 1.165) is 5.56 Å². The summed E-state index contributed by atoms with van der Waals surface area (Å²) < 4.78 is 4.95. The zero-order valence-corrected chi connectivity index (χ0v) is 6.37. The van der Waals surface area contributed by atoms with Crippen molar-refractivity contribution in [3.63, 3.8) is 0 Å². The molecule has 1 heterocycles. The van der Waals surface area contributed by atoms with E-state index in [4.69, 9.17) is 10.5 Å². The molecule has 1 rings (SSSR count). The summed E-state index contributed by atoms with van der Waals surface area (Å²) in [4.78, 5) is 3.90. The molecule has 3 heteroatoms. The van der Waals surface area contributed by atoms with Gasteiger partial charge in [-0.15, -0.1) is 0 Å². The van der Waals surface area contributed by atoms with Gasteiger partial charge in [-0.2, -0.15) is 0 Å². The molecule has 0 amide bonds. The van der Waals surface area contributed by atoms with E-state index in [1.807, 2.05) is 0 Å². The number of methoxy groups -OCH3 is 1. The topological polar surface area (TPSA) is 48.1 Å². The Balaban J connectivity index is 3.12. The molecule has 0 spiro atoms. The molecule has 0 aliphatic rings. The van der Waals surface area contributed by atoms with Crippen LogP contribution in [0.5, 0.6) is 5.75 Å². The van der Waals surface area contributed by atoms with Gasteiger partial charge in [0.1, 0.15) is 0 Å². The molecule has 0 atom stereocenters. The zero-order valence-electron chi connectivity index (χ0n) is 6.37. The van der Waals surface area contributed by atoms with Crippen molar-refractivity contribution in [1.82, 2.24) is 4.98 Å². The van der Waals surface area contributed by atoms with Crippen LogP contribution < -0.4 is 10.5 Å². The number of nitrogens with zero attached hydrogens (tertiary/aromatic N) is 1. The van der Waals surface area contributed by atoms with Gasteiger partial charge in [0, 0.05) is 6.20 Å². The minimum atomic E-state index is 0.401. The lowest BCUT2D eigenvalue weighted by molar-refractivity contribution is 0.415. The number of hydrogen-bond donors (Lipinski definition) is 1. The van der Waals surface area contributed by atoms with Crippen LogP contribution >= 0.6 is 0 Å². The molecule has 0 aromatic carbocycles. The average molecular weight is 150 g/mol. The van der Waals surface area contributed by atoms with Crippen LogP contribution in [0.1, 0.15) is 5.56 Å². The number of nitrogen functional groups attached to an aromatic ring is 1. The zero-order chi connectivity index (χ0) is 8.27. The molecule has 0 aliphatic heterocycles. The van der Waals surface area contributed by atoms with Gasteiger partial charge in [-0.25, -0.2) is 4.98 Å². The van der Waals surface area contributed by atoms with Gasteiger partial charge in [0.05, 0.1) is 7.11 Å². The molecule has 1 aromatic rings. The Morgan fingerprint density at radius 3 is 3.00 bits per heavy atom. The number of rotatable bonds is 2. The van der Waals surface area contributed by atoms with Crippen LogP contribution in [-0.2, 0) is 0 Å². The first-order valence-electron chi connectivity index (χ1n) is 3.20. The van der Waals surface area contributed by atoms with Gasteiger partial charge in [-0.3, -0.25) is 0 Å². The van der Waals surface area contributed by atoms with Crippen LogP contribution in [0.2, 0.25) is 0 Å². The maximum absolute atomic E-state index is 5.48. The van der Waals surface area contributed by atoms with E-state index in [0.29, 0.717) is 11.6 Å². The summed E-state index contributed by atoms with van der Waals surface area (Å²) in [5, 5.41) is 0. The minimum Gasteiger partial charge on any atom is -0.493 e. The van der Waals surface area contributed by atoms with E-state index < -0.39 is 0 Å². The average Bonchev–Trinajstić information content (AvgIpc) is 2.05. The molecule has 11 heavy (non-hydrogen) atoms. The lowest BCUT2D eigenvalue weighted by Gasteiger charge is -2.02. The molecule has 58 valence electrons. The monoisotopic (exact) mass is 150 g/mol. The second-order valence-electron chi connectivity index (χ2n) is 2.06. The molecule has 0 radical (unpaired) electrons. The first kappa shape index (κ1) is 7.60. The SMILES string of the molecule is C=Cc1cnc(N)c(OC)c1. The van der Waals surface area contributed by atoms with Crippen molar-refractivity contribution >= 4 is 11.9 Å². The smallest absolute Gasteiger partial charge is 0.166 e. The van der Waals surface area contributed by atoms with Crippen molar-refractivity contribution in [3.05, 3.63) is 24.4 Å². The highest BCUT2D eigenvalue weighted by molar-refractivity contribution is 5.55. The number of anilines is 1. The minimum absolute atomic E-state index is 0.401. The standard InChI is InChI=1S/C8H10N2O/c1-3-6-4-7(11-2)8(9)10-5-6/h3-5H,1H2,2H3,(H2,9,10). The Morgan fingerprint density at radius 2 is 2.45 bits per heavy atom. The summed E-state index contributed by atoms with van der Waals surface area (Å²) in [6.45, 7) is 3.60. The molecule has 0 fully saturated rings. The van der Waals surface area contributed by atoms with Crippen molar-refractivity contribution in [2.75, 3.05) is 12.8 Å². The summed E-state index contributed by atoms with van der Waals surface area (Å²) in [5.74, 6) is 0.987. The van der Waals surface area contributed by atoms with Gasteiger partial charge in [0.2, 0.25) is 0 Å². The van der Waals surface area contributed by atoms with Gasteiger partial charge in [-0.05, 0) is 11.6 Å². The summed E-state index contributed by atoms with van der Waals surface area (Å²) in [6, 6.07) is 1.79. The second-order valence-corrected chi connectivity index (χ2v) is 2.06. The highest BCUT2D eigenvalue weighted by atomic mass is 16.5. The summed E-state index contributed by atoms with van der Waals surface area (Å²) in [7, 11) is 1.56. The van der Waals surface area contributed by atoms with Crippen LogP contribution in [0.3, 0.4) is 0 Å². The maximum atomic E-state index is 5.48. The van der Waals surface area contributed by atoms with Gasteiger partial charge in [0.25, 0.3) is 0 Å². The number of nitrogens with two attached hydrogens (primary N) is 1. The van der Waals surface area contributed by atoms with Crippen molar-refractivity contribution in [2.24, 2.45) is 0 Å². The van der Waals surface area contributed by atoms with E-state index in [9.17, 15) is 0 Å². The van der Waals surface area contributed by atoms with Crippen LogP contribution in [-0.4, -0.2) is 12.1 Å². The van der Waals surface area contributed by atoms with Gasteiger partial charge < -0.3 is 10.5 Å². The Bertz CT molecular complexity index is 271. The van der Waals surface area contributed by atoms with E-state index in [1.54, 1.807) is 25.4 Å². The third kappa shape index (κ3) is 1.49. The van der Waals surface area contributed by atoms with Crippen LogP contribution in [0, 0.1) is 0 Å². The van der Waals surface area contributed by atoms with Gasteiger partial charge in [-0.1, -0.05) is 12.7 Å². The third-order valence-electron chi connectivity index (χ3n) is 1.36. The first-order valence-corrected chi connectivity index (χ1v) is 3.20. The Labute approximate surface area is 65.5 Å². The Kier molecular flexibility index (Phi) is 2.11. The largest absolute Gasteiger partial charge is 0.493 e. The Morgan fingerprint density at radius 1 is 1.73 bits per heavy atom. The van der Waals surface area contributed by atoms with Crippen molar-refractivity contribution in [2.45, 2.75) is 0 Å². The lowest BCUT2D eigenvalue weighted by atomic mass is 10.3. The maximum Gasteiger partial charge on any atom is 0.166 e. The molecular weight excluding hydrogens is 140 g/mol. The van der Waals surface area contributed by atoms with Gasteiger partial charge in [0.15, 0.2) is 11.6 Å². The predicted octanol–water partition coefficient (Wildman–Crippen LogP) is 1.32. The fraction of sp³-hybridized carbons (Fsp3) is 0.125. The summed E-state index contributed by atoms with van der Waals surface area (Å²) >= 11 is 0. The normalized spacial score (nSPS) is 9.18. The summed E-state index contributed by atoms with van der Waals surface area (Å²) in [5.41, 5.74) is 6.38. The van der Waals surface area contributed by atoms with E-state index in [-0.39, 0.29) is 0 Å². The van der Waals surface area contributed by atoms with Crippen molar-refractivity contribution < 1.29 is 4.74 Å². The molecule has 0 saturated heterocycles. The highest BCUT2D eigenvalue weighted by Gasteiger charge is 1.98. The number of hydrogen-bond acceptors (Lipinski definition) is 3. The quantitative estimate of drug-likeness (QED) is 0.691. The number of aromatic nitrogens is 1. The number of pyridine rings is 1. The molecule has 3 nitrogen and oxygen atoms in total. The fourth-order valence-electron chi connectivity index (χ4n) is 0.745. The van der Waals surface area contributed by atoms with Crippen LogP contribution in [0.4, 0.5) is 5.82 Å². The molecular formula is C8H10N2O. The first-order chi connectivity index (χ1) is 5.27. The molecule has 0 aliphatic carbocycles. The van der Waals surface area contributed by atoms with Crippen LogP contribution in [0.15, 0.2) is 18.8 Å². The molecule has 0 unspecified atom stereocenters. The molecule has 0 saturated carbocycles. The molecule has 0 bridgehead atoms. The third-order valence-corrected chi connectivity index (χ3v) is 1.36. The molecule has 1 aromatic heterocycles. The number of ether oxygens (including phenoxy) is 1.